The predicted octanol–water partition coefficient (Wildman–Crippen LogP) is 4.00. The highest BCUT2D eigenvalue weighted by atomic mass is 79.9. The van der Waals surface area contributed by atoms with Crippen LogP contribution >= 0.6 is 15.9 Å². The summed E-state index contributed by atoms with van der Waals surface area (Å²) in [5.74, 6) is 1.50. The molecule has 0 atom stereocenters. The van der Waals surface area contributed by atoms with E-state index in [1.165, 1.54) is 6.39 Å². The van der Waals surface area contributed by atoms with Crippen molar-refractivity contribution in [2.75, 3.05) is 7.11 Å². The molecule has 1 heterocycles. The number of nitrogens with zero attached hydrogens (tertiary/aromatic N) is 1. The van der Waals surface area contributed by atoms with Gasteiger partial charge in [0.2, 0.25) is 0 Å². The summed E-state index contributed by atoms with van der Waals surface area (Å²) >= 11 is 3.44. The summed E-state index contributed by atoms with van der Waals surface area (Å²) in [4.78, 5) is 4.30. The van der Waals surface area contributed by atoms with Gasteiger partial charge in [-0.2, -0.15) is 0 Å². The molecule has 0 bridgehead atoms. The third-order valence-electron chi connectivity index (χ3n) is 2.84. The van der Waals surface area contributed by atoms with Crippen molar-refractivity contribution in [2.45, 2.75) is 32.9 Å². The highest BCUT2D eigenvalue weighted by Gasteiger charge is 2.17. The molecule has 0 saturated heterocycles. The minimum Gasteiger partial charge on any atom is -0.496 e. The molecule has 5 heteroatoms. The Morgan fingerprint density at radius 1 is 1.35 bits per heavy atom. The molecule has 0 aliphatic carbocycles. The first-order valence-corrected chi connectivity index (χ1v) is 7.21. The second-order valence-corrected chi connectivity index (χ2v) is 6.49. The maximum atomic E-state index is 5.55. The Balaban J connectivity index is 2.32. The Morgan fingerprint density at radius 2 is 2.10 bits per heavy atom. The normalized spacial score (nSPS) is 11.7. The summed E-state index contributed by atoms with van der Waals surface area (Å²) in [7, 11) is 1.65. The summed E-state index contributed by atoms with van der Waals surface area (Å²) in [6.07, 6.45) is 1.47. The topological polar surface area (TPSA) is 47.3 Å². The minimum atomic E-state index is 0.0278. The zero-order chi connectivity index (χ0) is 14.8. The van der Waals surface area contributed by atoms with Crippen molar-refractivity contribution >= 4 is 15.9 Å². The molecule has 0 radical (unpaired) electrons. The Morgan fingerprint density at radius 3 is 2.75 bits per heavy atom. The molecule has 1 N–H and O–H groups in total. The molecule has 0 fully saturated rings. The second kappa shape index (κ2) is 5.97. The maximum Gasteiger partial charge on any atom is 0.181 e. The van der Waals surface area contributed by atoms with Crippen LogP contribution in [0.5, 0.6) is 5.75 Å². The Labute approximate surface area is 127 Å². The molecule has 4 nitrogen and oxygen atoms in total. The van der Waals surface area contributed by atoms with Gasteiger partial charge in [0, 0.05) is 16.6 Å². The average molecular weight is 339 g/mol. The maximum absolute atomic E-state index is 5.55. The van der Waals surface area contributed by atoms with E-state index in [9.17, 15) is 0 Å². The quantitative estimate of drug-likeness (QED) is 0.915. The lowest BCUT2D eigenvalue weighted by Crippen LogP contribution is -2.35. The van der Waals surface area contributed by atoms with Crippen LogP contribution in [-0.4, -0.2) is 17.6 Å². The summed E-state index contributed by atoms with van der Waals surface area (Å²) in [5, 5.41) is 3.41. The monoisotopic (exact) mass is 338 g/mol. The van der Waals surface area contributed by atoms with Gasteiger partial charge < -0.3 is 14.5 Å². The lowest BCUT2D eigenvalue weighted by Gasteiger charge is -2.20. The van der Waals surface area contributed by atoms with E-state index in [0.717, 1.165) is 27.2 Å². The lowest BCUT2D eigenvalue weighted by atomic mass is 10.1. The van der Waals surface area contributed by atoms with Gasteiger partial charge in [0.05, 0.1) is 12.7 Å². The van der Waals surface area contributed by atoms with Crippen molar-refractivity contribution in [2.24, 2.45) is 0 Å². The SMILES string of the molecule is COc1cc(Br)ccc1-c1ocnc1CNC(C)(C)C. The van der Waals surface area contributed by atoms with E-state index in [2.05, 4.69) is 47.0 Å². The number of hydrogen-bond acceptors (Lipinski definition) is 4. The van der Waals surface area contributed by atoms with Crippen molar-refractivity contribution in [3.63, 3.8) is 0 Å². The van der Waals surface area contributed by atoms with Crippen molar-refractivity contribution in [3.8, 4) is 17.1 Å². The van der Waals surface area contributed by atoms with Crippen LogP contribution in [0.4, 0.5) is 0 Å². The van der Waals surface area contributed by atoms with Crippen LogP contribution in [0.2, 0.25) is 0 Å². The molecular formula is C15H19BrN2O2. The predicted molar refractivity (Wildman–Crippen MR) is 82.8 cm³/mol. The van der Waals surface area contributed by atoms with E-state index in [1.54, 1.807) is 7.11 Å². The zero-order valence-corrected chi connectivity index (χ0v) is 13.7. The first-order valence-electron chi connectivity index (χ1n) is 6.42. The molecule has 0 aliphatic heterocycles. The van der Waals surface area contributed by atoms with Crippen LogP contribution in [0.3, 0.4) is 0 Å². The van der Waals surface area contributed by atoms with E-state index in [-0.39, 0.29) is 5.54 Å². The fourth-order valence-electron chi connectivity index (χ4n) is 1.82. The van der Waals surface area contributed by atoms with Crippen molar-refractivity contribution in [3.05, 3.63) is 34.8 Å². The molecule has 2 aromatic rings. The number of rotatable bonds is 4. The van der Waals surface area contributed by atoms with Crippen molar-refractivity contribution in [1.82, 2.24) is 10.3 Å². The van der Waals surface area contributed by atoms with Crippen molar-refractivity contribution in [1.29, 1.82) is 0 Å². The van der Waals surface area contributed by atoms with E-state index >= 15 is 0 Å². The number of halogens is 1. The van der Waals surface area contributed by atoms with Gasteiger partial charge in [0.1, 0.15) is 11.4 Å². The van der Waals surface area contributed by atoms with Crippen molar-refractivity contribution < 1.29 is 9.15 Å². The summed E-state index contributed by atoms with van der Waals surface area (Å²) in [6.45, 7) is 7.00. The van der Waals surface area contributed by atoms with Gasteiger partial charge in [-0.05, 0) is 39.0 Å². The smallest absolute Gasteiger partial charge is 0.181 e. The fourth-order valence-corrected chi connectivity index (χ4v) is 2.16. The van der Waals surface area contributed by atoms with Gasteiger partial charge in [-0.25, -0.2) is 4.98 Å². The highest BCUT2D eigenvalue weighted by molar-refractivity contribution is 9.10. The molecule has 0 aliphatic rings. The van der Waals surface area contributed by atoms with Gasteiger partial charge >= 0.3 is 0 Å². The first-order chi connectivity index (χ1) is 9.40. The first kappa shape index (κ1) is 15.1. The zero-order valence-electron chi connectivity index (χ0n) is 12.2. The number of nitrogens with one attached hydrogen (secondary N) is 1. The molecule has 0 spiro atoms. The molecule has 0 unspecified atom stereocenters. The van der Waals surface area contributed by atoms with E-state index < -0.39 is 0 Å². The average Bonchev–Trinajstić information content (AvgIpc) is 2.83. The Bertz CT molecular complexity index is 588. The van der Waals surface area contributed by atoms with Gasteiger partial charge in [-0.1, -0.05) is 15.9 Å². The fraction of sp³-hybridized carbons (Fsp3) is 0.400. The highest BCUT2D eigenvalue weighted by Crippen LogP contribution is 2.34. The third-order valence-corrected chi connectivity index (χ3v) is 3.33. The molecule has 1 aromatic carbocycles. The number of benzene rings is 1. The molecule has 0 amide bonds. The third kappa shape index (κ3) is 3.61. The number of methoxy groups -OCH3 is 1. The van der Waals surface area contributed by atoms with Gasteiger partial charge in [0.15, 0.2) is 12.2 Å². The van der Waals surface area contributed by atoms with Crippen LogP contribution in [0.1, 0.15) is 26.5 Å². The molecule has 0 saturated carbocycles. The molecule has 108 valence electrons. The van der Waals surface area contributed by atoms with Gasteiger partial charge in [0.25, 0.3) is 0 Å². The minimum absolute atomic E-state index is 0.0278. The molecule has 2 rings (SSSR count). The largest absolute Gasteiger partial charge is 0.496 e. The lowest BCUT2D eigenvalue weighted by molar-refractivity contribution is 0.413. The molecular weight excluding hydrogens is 320 g/mol. The van der Waals surface area contributed by atoms with Crippen LogP contribution < -0.4 is 10.1 Å². The Kier molecular flexibility index (Phi) is 4.50. The number of aromatic nitrogens is 1. The summed E-state index contributed by atoms with van der Waals surface area (Å²) in [6, 6.07) is 5.84. The number of oxazole rings is 1. The van der Waals surface area contributed by atoms with Crippen LogP contribution in [0.25, 0.3) is 11.3 Å². The van der Waals surface area contributed by atoms with Crippen LogP contribution in [-0.2, 0) is 6.54 Å². The van der Waals surface area contributed by atoms with Gasteiger partial charge in [-0.15, -0.1) is 0 Å². The standard InChI is InChI=1S/C15H19BrN2O2/c1-15(2,3)18-8-12-14(20-9-17-12)11-6-5-10(16)7-13(11)19-4/h5-7,9,18H,8H2,1-4H3. The summed E-state index contributed by atoms with van der Waals surface area (Å²) in [5.41, 5.74) is 1.81. The molecule has 20 heavy (non-hydrogen) atoms. The number of hydrogen-bond donors (Lipinski definition) is 1. The van der Waals surface area contributed by atoms with Crippen LogP contribution in [0, 0.1) is 0 Å². The van der Waals surface area contributed by atoms with Gasteiger partial charge in [-0.3, -0.25) is 0 Å². The van der Waals surface area contributed by atoms with E-state index in [4.69, 9.17) is 9.15 Å². The number of ether oxygens (including phenoxy) is 1. The second-order valence-electron chi connectivity index (χ2n) is 5.58. The summed E-state index contributed by atoms with van der Waals surface area (Å²) < 4.78 is 11.9. The van der Waals surface area contributed by atoms with E-state index in [0.29, 0.717) is 6.54 Å². The van der Waals surface area contributed by atoms with Crippen LogP contribution in [0.15, 0.2) is 33.5 Å². The van der Waals surface area contributed by atoms with E-state index in [1.807, 2.05) is 18.2 Å². The molecule has 1 aromatic heterocycles. The Hall–Kier alpha value is -1.33.